The van der Waals surface area contributed by atoms with E-state index in [1.807, 2.05) is 0 Å². The lowest BCUT2D eigenvalue weighted by molar-refractivity contribution is 0.0874. The number of nitrogens with zero attached hydrogens (tertiary/aromatic N) is 2. The van der Waals surface area contributed by atoms with E-state index in [2.05, 4.69) is 10.3 Å². The number of ether oxygens (including phenoxy) is 1. The van der Waals surface area contributed by atoms with Gasteiger partial charge in [-0.3, -0.25) is 4.79 Å². The van der Waals surface area contributed by atoms with Crippen molar-refractivity contribution in [2.45, 2.75) is 18.9 Å². The normalized spacial score (nSPS) is 21.3. The summed E-state index contributed by atoms with van der Waals surface area (Å²) in [6, 6.07) is 0.210. The Kier molecular flexibility index (Phi) is 3.01. The van der Waals surface area contributed by atoms with Crippen molar-refractivity contribution in [1.82, 2.24) is 9.55 Å². The zero-order chi connectivity index (χ0) is 10.7. The summed E-state index contributed by atoms with van der Waals surface area (Å²) in [5.41, 5.74) is -0.0944. The van der Waals surface area contributed by atoms with E-state index in [9.17, 15) is 4.79 Å². The number of rotatable bonds is 2. The van der Waals surface area contributed by atoms with Crippen LogP contribution in [0.5, 0.6) is 0 Å². The summed E-state index contributed by atoms with van der Waals surface area (Å²) < 4.78 is 6.84. The van der Waals surface area contributed by atoms with Crippen LogP contribution in [-0.4, -0.2) is 28.8 Å². The van der Waals surface area contributed by atoms with Crippen LogP contribution in [-0.2, 0) is 11.8 Å². The molecule has 0 saturated carbocycles. The van der Waals surface area contributed by atoms with Crippen LogP contribution in [0, 0.1) is 0 Å². The highest BCUT2D eigenvalue weighted by atomic mass is 16.5. The molecule has 0 aromatic carbocycles. The Hall–Kier alpha value is -1.36. The summed E-state index contributed by atoms with van der Waals surface area (Å²) in [5.74, 6) is 0.413. The fourth-order valence-electron chi connectivity index (χ4n) is 1.64. The van der Waals surface area contributed by atoms with Crippen LogP contribution in [0.1, 0.15) is 12.8 Å². The van der Waals surface area contributed by atoms with Crippen LogP contribution >= 0.6 is 0 Å². The Bertz CT molecular complexity index is 382. The summed E-state index contributed by atoms with van der Waals surface area (Å²) in [4.78, 5) is 15.7. The van der Waals surface area contributed by atoms with E-state index in [1.165, 1.54) is 4.57 Å². The van der Waals surface area contributed by atoms with E-state index < -0.39 is 0 Å². The van der Waals surface area contributed by atoms with Gasteiger partial charge in [0.1, 0.15) is 0 Å². The van der Waals surface area contributed by atoms with Crippen molar-refractivity contribution >= 4 is 5.82 Å². The van der Waals surface area contributed by atoms with Gasteiger partial charge in [-0.2, -0.15) is 0 Å². The Labute approximate surface area is 88.1 Å². The van der Waals surface area contributed by atoms with E-state index in [1.54, 1.807) is 19.4 Å². The van der Waals surface area contributed by atoms with Crippen molar-refractivity contribution < 1.29 is 4.74 Å². The third-order valence-corrected chi connectivity index (χ3v) is 2.52. The molecule has 1 fully saturated rings. The van der Waals surface area contributed by atoms with Crippen LogP contribution < -0.4 is 10.9 Å². The maximum Gasteiger partial charge on any atom is 0.293 e. The van der Waals surface area contributed by atoms with Gasteiger partial charge in [-0.25, -0.2) is 4.98 Å². The molecule has 82 valence electrons. The molecular weight excluding hydrogens is 194 g/mol. The molecule has 1 saturated heterocycles. The molecule has 1 unspecified atom stereocenters. The zero-order valence-electron chi connectivity index (χ0n) is 8.77. The van der Waals surface area contributed by atoms with Gasteiger partial charge in [-0.1, -0.05) is 0 Å². The number of hydrogen-bond donors (Lipinski definition) is 1. The van der Waals surface area contributed by atoms with Gasteiger partial charge in [0, 0.05) is 26.0 Å². The van der Waals surface area contributed by atoms with E-state index >= 15 is 0 Å². The molecule has 5 nitrogen and oxygen atoms in total. The average molecular weight is 209 g/mol. The molecule has 0 bridgehead atoms. The lowest BCUT2D eigenvalue weighted by Gasteiger charge is -2.23. The summed E-state index contributed by atoms with van der Waals surface area (Å²) >= 11 is 0. The second-order valence-electron chi connectivity index (χ2n) is 3.75. The lowest BCUT2D eigenvalue weighted by Crippen LogP contribution is -2.34. The quantitative estimate of drug-likeness (QED) is 0.764. The largest absolute Gasteiger partial charge is 0.379 e. The van der Waals surface area contributed by atoms with Crippen LogP contribution in [0.15, 0.2) is 17.2 Å². The predicted molar refractivity (Wildman–Crippen MR) is 56.9 cm³/mol. The predicted octanol–water partition coefficient (Wildman–Crippen LogP) is 0.371. The van der Waals surface area contributed by atoms with Gasteiger partial charge in [-0.05, 0) is 12.8 Å². The van der Waals surface area contributed by atoms with E-state index in [0.717, 1.165) is 19.4 Å². The first-order chi connectivity index (χ1) is 7.27. The summed E-state index contributed by atoms with van der Waals surface area (Å²) in [6.45, 7) is 1.47. The number of aryl methyl sites for hydroxylation is 1. The fraction of sp³-hybridized carbons (Fsp3) is 0.600. The molecule has 1 atom stereocenters. The second kappa shape index (κ2) is 4.44. The monoisotopic (exact) mass is 209 g/mol. The Morgan fingerprint density at radius 3 is 3.27 bits per heavy atom. The fourth-order valence-corrected chi connectivity index (χ4v) is 1.64. The molecule has 0 amide bonds. The lowest BCUT2D eigenvalue weighted by atomic mass is 10.1. The van der Waals surface area contributed by atoms with Crippen LogP contribution in [0.3, 0.4) is 0 Å². The third-order valence-electron chi connectivity index (χ3n) is 2.52. The van der Waals surface area contributed by atoms with E-state index in [-0.39, 0.29) is 11.6 Å². The highest BCUT2D eigenvalue weighted by Gasteiger charge is 2.15. The summed E-state index contributed by atoms with van der Waals surface area (Å²) in [5, 5.41) is 3.12. The molecule has 15 heavy (non-hydrogen) atoms. The van der Waals surface area contributed by atoms with Crippen LogP contribution in [0.25, 0.3) is 0 Å². The first-order valence-corrected chi connectivity index (χ1v) is 5.13. The Balaban J connectivity index is 2.09. The Morgan fingerprint density at radius 1 is 1.67 bits per heavy atom. The summed E-state index contributed by atoms with van der Waals surface area (Å²) in [6.07, 6.45) is 5.32. The van der Waals surface area contributed by atoms with Crippen LogP contribution in [0.4, 0.5) is 5.82 Å². The third kappa shape index (κ3) is 2.36. The van der Waals surface area contributed by atoms with Gasteiger partial charge < -0.3 is 14.6 Å². The number of hydrogen-bond acceptors (Lipinski definition) is 4. The van der Waals surface area contributed by atoms with Gasteiger partial charge in [0.2, 0.25) is 0 Å². The maximum absolute atomic E-state index is 11.6. The standard InChI is InChI=1S/C10H15N3O2/c1-13-5-4-11-9(10(13)14)12-8-3-2-6-15-7-8/h4-5,8H,2-3,6-7H2,1H3,(H,11,12). The van der Waals surface area contributed by atoms with E-state index in [0.29, 0.717) is 12.4 Å². The molecule has 5 heteroatoms. The minimum Gasteiger partial charge on any atom is -0.379 e. The first kappa shape index (κ1) is 10.2. The molecule has 0 aliphatic carbocycles. The molecule has 2 rings (SSSR count). The molecule has 1 aromatic rings. The Morgan fingerprint density at radius 2 is 2.53 bits per heavy atom. The molecule has 0 radical (unpaired) electrons. The minimum atomic E-state index is -0.0944. The molecule has 1 aromatic heterocycles. The molecule has 1 aliphatic heterocycles. The van der Waals surface area contributed by atoms with Gasteiger partial charge in [0.15, 0.2) is 5.82 Å². The topological polar surface area (TPSA) is 56.1 Å². The summed E-state index contributed by atoms with van der Waals surface area (Å²) in [7, 11) is 1.71. The molecule has 0 spiro atoms. The van der Waals surface area contributed by atoms with Crippen molar-refractivity contribution in [3.63, 3.8) is 0 Å². The van der Waals surface area contributed by atoms with Gasteiger partial charge in [-0.15, -0.1) is 0 Å². The van der Waals surface area contributed by atoms with E-state index in [4.69, 9.17) is 4.74 Å². The van der Waals surface area contributed by atoms with Crippen molar-refractivity contribution in [3.05, 3.63) is 22.7 Å². The van der Waals surface area contributed by atoms with Gasteiger partial charge in [0.25, 0.3) is 5.56 Å². The smallest absolute Gasteiger partial charge is 0.293 e. The number of anilines is 1. The SMILES string of the molecule is Cn1ccnc(NC2CCCOC2)c1=O. The first-order valence-electron chi connectivity index (χ1n) is 5.13. The van der Waals surface area contributed by atoms with Crippen molar-refractivity contribution in [1.29, 1.82) is 0 Å². The number of aromatic nitrogens is 2. The molecule has 1 N–H and O–H groups in total. The molecular formula is C10H15N3O2. The van der Waals surface area contributed by atoms with Crippen molar-refractivity contribution in [2.75, 3.05) is 18.5 Å². The highest BCUT2D eigenvalue weighted by molar-refractivity contribution is 5.32. The second-order valence-corrected chi connectivity index (χ2v) is 3.75. The number of nitrogens with one attached hydrogen (secondary N) is 1. The molecule has 1 aliphatic rings. The van der Waals surface area contributed by atoms with Crippen molar-refractivity contribution in [2.24, 2.45) is 7.05 Å². The van der Waals surface area contributed by atoms with Gasteiger partial charge >= 0.3 is 0 Å². The maximum atomic E-state index is 11.6. The zero-order valence-corrected chi connectivity index (χ0v) is 8.77. The van der Waals surface area contributed by atoms with Crippen molar-refractivity contribution in [3.8, 4) is 0 Å². The van der Waals surface area contributed by atoms with Crippen LogP contribution in [0.2, 0.25) is 0 Å². The molecule has 2 heterocycles. The average Bonchev–Trinajstić information content (AvgIpc) is 2.26. The minimum absolute atomic E-state index is 0.0944. The van der Waals surface area contributed by atoms with Gasteiger partial charge in [0.05, 0.1) is 12.6 Å². The highest BCUT2D eigenvalue weighted by Crippen LogP contribution is 2.09.